The molecule has 1 aromatic heterocycles. The molecule has 14 heavy (non-hydrogen) atoms. The Morgan fingerprint density at radius 2 is 2.29 bits per heavy atom. The van der Waals surface area contributed by atoms with E-state index in [0.717, 1.165) is 0 Å². The van der Waals surface area contributed by atoms with Crippen molar-refractivity contribution in [3.05, 3.63) is 46.4 Å². The average Bonchev–Trinajstić information content (AvgIpc) is 2.17. The van der Waals surface area contributed by atoms with E-state index < -0.39 is 5.91 Å². The van der Waals surface area contributed by atoms with Gasteiger partial charge in [-0.2, -0.15) is 0 Å². The van der Waals surface area contributed by atoms with Gasteiger partial charge >= 0.3 is 0 Å². The van der Waals surface area contributed by atoms with Gasteiger partial charge in [0, 0.05) is 5.39 Å². The molecule has 1 heterocycles. The number of nitrogens with one attached hydrogen (secondary N) is 1. The summed E-state index contributed by atoms with van der Waals surface area (Å²) < 4.78 is 0. The Hall–Kier alpha value is -2.10. The molecule has 69 valence electrons. The number of carbonyl (C=O) groups is 1. The molecule has 0 fully saturated rings. The molecule has 3 N–H and O–H groups in total. The van der Waals surface area contributed by atoms with E-state index in [9.17, 15) is 9.59 Å². The molecule has 0 unspecified atom stereocenters. The van der Waals surface area contributed by atoms with Gasteiger partial charge in [-0.15, -0.1) is 0 Å². The number of carbonyl (C=O) groups excluding carboxylic acids is 1. The van der Waals surface area contributed by atoms with Gasteiger partial charge in [0.05, 0.1) is 0 Å². The highest BCUT2D eigenvalue weighted by Crippen LogP contribution is 2.08. The smallest absolute Gasteiger partial charge is 0.265 e. The van der Waals surface area contributed by atoms with E-state index in [0.29, 0.717) is 10.8 Å². The molecule has 0 atom stereocenters. The Morgan fingerprint density at radius 3 is 3.00 bits per heavy atom. The van der Waals surface area contributed by atoms with Gasteiger partial charge in [0.25, 0.3) is 11.5 Å². The molecule has 4 nitrogen and oxygen atoms in total. The number of aromatic nitrogens is 1. The summed E-state index contributed by atoms with van der Waals surface area (Å²) in [6.07, 6.45) is 0. The van der Waals surface area contributed by atoms with Crippen molar-refractivity contribution in [1.82, 2.24) is 4.98 Å². The number of nitrogens with two attached hydrogens (primary N) is 1. The lowest BCUT2D eigenvalue weighted by Gasteiger charge is -1.98. The molecule has 1 radical (unpaired) electrons. The van der Waals surface area contributed by atoms with E-state index in [4.69, 9.17) is 5.73 Å². The summed E-state index contributed by atoms with van der Waals surface area (Å²) in [6, 6.07) is 9.28. The van der Waals surface area contributed by atoms with Gasteiger partial charge in [0.1, 0.15) is 5.69 Å². The van der Waals surface area contributed by atoms with Crippen LogP contribution in [0.5, 0.6) is 0 Å². The third-order valence-electron chi connectivity index (χ3n) is 1.95. The Balaban J connectivity index is 2.86. The van der Waals surface area contributed by atoms with Gasteiger partial charge in [-0.3, -0.25) is 9.59 Å². The van der Waals surface area contributed by atoms with Crippen molar-refractivity contribution >= 4 is 16.7 Å². The third-order valence-corrected chi connectivity index (χ3v) is 1.95. The summed E-state index contributed by atoms with van der Waals surface area (Å²) in [5.74, 6) is -0.646. The number of pyridine rings is 1. The van der Waals surface area contributed by atoms with Crippen LogP contribution in [0.3, 0.4) is 0 Å². The van der Waals surface area contributed by atoms with Gasteiger partial charge in [0.15, 0.2) is 0 Å². The lowest BCUT2D eigenvalue weighted by molar-refractivity contribution is 0.0995. The van der Waals surface area contributed by atoms with Crippen molar-refractivity contribution in [1.29, 1.82) is 0 Å². The molecule has 0 aliphatic rings. The summed E-state index contributed by atoms with van der Waals surface area (Å²) >= 11 is 0. The second-order valence-corrected chi connectivity index (χ2v) is 2.89. The first kappa shape index (κ1) is 8.50. The van der Waals surface area contributed by atoms with Crippen LogP contribution in [-0.4, -0.2) is 10.9 Å². The zero-order chi connectivity index (χ0) is 10.1. The van der Waals surface area contributed by atoms with Crippen molar-refractivity contribution in [3.8, 4) is 0 Å². The maximum absolute atomic E-state index is 11.4. The minimum absolute atomic E-state index is 0.113. The van der Waals surface area contributed by atoms with Gasteiger partial charge < -0.3 is 10.7 Å². The number of primary amides is 1. The lowest BCUT2D eigenvalue weighted by Crippen LogP contribution is -2.18. The van der Waals surface area contributed by atoms with Crippen molar-refractivity contribution < 1.29 is 4.79 Å². The van der Waals surface area contributed by atoms with Gasteiger partial charge in [-0.05, 0) is 29.7 Å². The number of H-pyrrole nitrogens is 1. The molecule has 0 spiro atoms. The maximum atomic E-state index is 11.4. The number of aromatic amines is 1. The van der Waals surface area contributed by atoms with E-state index in [1.807, 2.05) is 0 Å². The Labute approximate surface area is 79.4 Å². The van der Waals surface area contributed by atoms with Crippen LogP contribution in [0.25, 0.3) is 10.8 Å². The molecule has 0 aliphatic heterocycles. The highest BCUT2D eigenvalue weighted by Gasteiger charge is 2.04. The van der Waals surface area contributed by atoms with Crippen molar-refractivity contribution in [2.75, 3.05) is 0 Å². The fourth-order valence-electron chi connectivity index (χ4n) is 1.28. The third kappa shape index (κ3) is 1.26. The molecule has 0 aliphatic carbocycles. The van der Waals surface area contributed by atoms with Crippen molar-refractivity contribution in [2.24, 2.45) is 5.73 Å². The molecule has 0 saturated heterocycles. The summed E-state index contributed by atoms with van der Waals surface area (Å²) in [6.45, 7) is 0. The summed E-state index contributed by atoms with van der Waals surface area (Å²) in [5.41, 5.74) is 4.85. The number of rotatable bonds is 1. The van der Waals surface area contributed by atoms with Crippen LogP contribution in [0, 0.1) is 6.07 Å². The van der Waals surface area contributed by atoms with Gasteiger partial charge in [0.2, 0.25) is 0 Å². The Morgan fingerprint density at radius 1 is 1.50 bits per heavy atom. The van der Waals surface area contributed by atoms with E-state index in [1.165, 1.54) is 6.07 Å². The van der Waals surface area contributed by atoms with Crippen LogP contribution in [0.4, 0.5) is 0 Å². The minimum Gasteiger partial charge on any atom is -0.364 e. The highest BCUT2D eigenvalue weighted by molar-refractivity contribution is 5.95. The van der Waals surface area contributed by atoms with Crippen LogP contribution in [0.1, 0.15) is 10.5 Å². The van der Waals surface area contributed by atoms with Crippen LogP contribution < -0.4 is 11.3 Å². The first-order chi connectivity index (χ1) is 6.68. The summed E-state index contributed by atoms with van der Waals surface area (Å²) in [5, 5.41) is 1.18. The SMILES string of the molecule is NC(=O)c1cc2c[c]ccc2c(=O)[nH]1. The maximum Gasteiger partial charge on any atom is 0.265 e. The Kier molecular flexibility index (Phi) is 1.81. The van der Waals surface area contributed by atoms with Crippen molar-refractivity contribution in [3.63, 3.8) is 0 Å². The van der Waals surface area contributed by atoms with Gasteiger partial charge in [-0.25, -0.2) is 0 Å². The first-order valence-electron chi connectivity index (χ1n) is 4.01. The second-order valence-electron chi connectivity index (χ2n) is 2.89. The molecule has 2 rings (SSSR count). The molecule has 1 amide bonds. The predicted octanol–water partition coefficient (Wildman–Crippen LogP) is 0.427. The number of hydrogen-bond acceptors (Lipinski definition) is 2. The fourth-order valence-corrected chi connectivity index (χ4v) is 1.28. The zero-order valence-electron chi connectivity index (χ0n) is 7.20. The van der Waals surface area contributed by atoms with Crippen LogP contribution in [0.15, 0.2) is 29.1 Å². The first-order valence-corrected chi connectivity index (χ1v) is 4.01. The Bertz CT molecular complexity index is 557. The molecular weight excluding hydrogens is 180 g/mol. The van der Waals surface area contributed by atoms with E-state index in [1.54, 1.807) is 18.2 Å². The van der Waals surface area contributed by atoms with E-state index in [2.05, 4.69) is 11.1 Å². The topological polar surface area (TPSA) is 76.0 Å². The second kappa shape index (κ2) is 2.99. The van der Waals surface area contributed by atoms with Crippen molar-refractivity contribution in [2.45, 2.75) is 0 Å². The molecule has 0 saturated carbocycles. The number of fused-ring (bicyclic) bond motifs is 1. The number of hydrogen-bond donors (Lipinski definition) is 2. The molecule has 0 bridgehead atoms. The zero-order valence-corrected chi connectivity index (χ0v) is 7.20. The minimum atomic E-state index is -0.646. The van der Waals surface area contributed by atoms with E-state index >= 15 is 0 Å². The fraction of sp³-hybridized carbons (Fsp3) is 0. The predicted molar refractivity (Wildman–Crippen MR) is 51.9 cm³/mol. The number of benzene rings is 1. The quantitative estimate of drug-likeness (QED) is 0.679. The molecule has 4 heteroatoms. The van der Waals surface area contributed by atoms with Gasteiger partial charge in [-0.1, -0.05) is 6.07 Å². The lowest BCUT2D eigenvalue weighted by atomic mass is 10.1. The highest BCUT2D eigenvalue weighted by atomic mass is 16.1. The number of amides is 1. The molecule has 2 aromatic rings. The molecule has 1 aromatic carbocycles. The monoisotopic (exact) mass is 187 g/mol. The summed E-state index contributed by atoms with van der Waals surface area (Å²) in [7, 11) is 0. The molecular formula is C10H7N2O2. The van der Waals surface area contributed by atoms with Crippen LogP contribution >= 0.6 is 0 Å². The average molecular weight is 187 g/mol. The normalized spacial score (nSPS) is 10.3. The van der Waals surface area contributed by atoms with E-state index in [-0.39, 0.29) is 11.3 Å². The largest absolute Gasteiger partial charge is 0.364 e. The van der Waals surface area contributed by atoms with Crippen LogP contribution in [-0.2, 0) is 0 Å². The van der Waals surface area contributed by atoms with Crippen LogP contribution in [0.2, 0.25) is 0 Å². The summed E-state index contributed by atoms with van der Waals surface area (Å²) in [4.78, 5) is 24.7. The standard InChI is InChI=1S/C10H7N2O2/c11-9(13)8-5-6-3-1-2-4-7(6)10(14)12-8/h2-5H,(H2,11,13)(H,12,14).